The van der Waals surface area contributed by atoms with Crippen LogP contribution in [-0.4, -0.2) is 31.6 Å². The number of nitrogens with one attached hydrogen (secondary N) is 1. The number of benzene rings is 1. The zero-order valence-electron chi connectivity index (χ0n) is 13.7. The van der Waals surface area contributed by atoms with Gasteiger partial charge in [0.05, 0.1) is 0 Å². The first-order valence-electron chi connectivity index (χ1n) is 8.32. The average Bonchev–Trinajstić information content (AvgIpc) is 2.65. The smallest absolute Gasteiger partial charge is 0.128 e. The van der Waals surface area contributed by atoms with E-state index in [1.165, 1.54) is 19.3 Å². The van der Waals surface area contributed by atoms with Gasteiger partial charge < -0.3 is 5.32 Å². The molecular weight excluding hydrogens is 263 g/mol. The van der Waals surface area contributed by atoms with Crippen LogP contribution in [-0.2, 0) is 0 Å². The number of halogens is 1. The molecule has 0 saturated carbocycles. The van der Waals surface area contributed by atoms with Crippen molar-refractivity contribution in [3.8, 4) is 0 Å². The van der Waals surface area contributed by atoms with Gasteiger partial charge in [0, 0.05) is 11.6 Å². The lowest BCUT2D eigenvalue weighted by Gasteiger charge is -2.35. The molecule has 2 unspecified atom stereocenters. The molecule has 0 radical (unpaired) electrons. The number of hydrogen-bond acceptors (Lipinski definition) is 2. The Morgan fingerprint density at radius 1 is 1.33 bits per heavy atom. The van der Waals surface area contributed by atoms with Crippen molar-refractivity contribution < 1.29 is 4.39 Å². The zero-order valence-corrected chi connectivity index (χ0v) is 13.7. The summed E-state index contributed by atoms with van der Waals surface area (Å²) in [6.45, 7) is 7.36. The van der Waals surface area contributed by atoms with E-state index in [1.54, 1.807) is 6.07 Å². The van der Waals surface area contributed by atoms with Crippen LogP contribution >= 0.6 is 0 Å². The predicted octanol–water partition coefficient (Wildman–Crippen LogP) is 3.91. The minimum atomic E-state index is -0.0466. The van der Waals surface area contributed by atoms with Crippen LogP contribution in [0.4, 0.5) is 4.39 Å². The molecule has 1 aromatic rings. The number of likely N-dealkylation sites (tertiary alicyclic amines) is 1. The molecule has 0 spiro atoms. The van der Waals surface area contributed by atoms with E-state index >= 15 is 0 Å². The minimum absolute atomic E-state index is 0.0466. The summed E-state index contributed by atoms with van der Waals surface area (Å²) in [5, 5.41) is 3.31. The molecule has 1 aromatic carbocycles. The molecule has 1 aliphatic rings. The molecule has 2 rings (SSSR count). The molecule has 1 N–H and O–H groups in total. The Morgan fingerprint density at radius 3 is 2.86 bits per heavy atom. The molecule has 1 aliphatic heterocycles. The second-order valence-corrected chi connectivity index (χ2v) is 6.32. The van der Waals surface area contributed by atoms with Crippen LogP contribution in [0.1, 0.15) is 49.8 Å². The first kappa shape index (κ1) is 16.4. The fraction of sp³-hybridized carbons (Fsp3) is 0.667. The fourth-order valence-electron chi connectivity index (χ4n) is 3.67. The molecule has 3 heteroatoms. The van der Waals surface area contributed by atoms with Crippen molar-refractivity contribution in [1.29, 1.82) is 0 Å². The molecule has 1 fully saturated rings. The highest BCUT2D eigenvalue weighted by atomic mass is 19.1. The summed E-state index contributed by atoms with van der Waals surface area (Å²) in [5.74, 6) is 0.440. The maximum atomic E-state index is 14.5. The number of rotatable bonds is 5. The van der Waals surface area contributed by atoms with E-state index in [0.717, 1.165) is 37.2 Å². The van der Waals surface area contributed by atoms with E-state index in [4.69, 9.17) is 0 Å². The molecule has 1 heterocycles. The second kappa shape index (κ2) is 7.90. The molecule has 0 aromatic heterocycles. The Morgan fingerprint density at radius 2 is 2.14 bits per heavy atom. The third-order valence-electron chi connectivity index (χ3n) is 4.56. The second-order valence-electron chi connectivity index (χ2n) is 6.32. The molecule has 21 heavy (non-hydrogen) atoms. The number of aryl methyl sites for hydroxylation is 1. The molecule has 2 nitrogen and oxygen atoms in total. The predicted molar refractivity (Wildman–Crippen MR) is 87.0 cm³/mol. The van der Waals surface area contributed by atoms with E-state index in [2.05, 4.69) is 30.1 Å². The average molecular weight is 292 g/mol. The first-order chi connectivity index (χ1) is 10.2. The van der Waals surface area contributed by atoms with E-state index < -0.39 is 0 Å². The Kier molecular flexibility index (Phi) is 6.19. The lowest BCUT2D eigenvalue weighted by Crippen LogP contribution is -2.37. The number of hydrogen-bond donors (Lipinski definition) is 1. The SMILES string of the molecule is CCCN1CCCCC(CNC)C1c1cc(C)ccc1F. The van der Waals surface area contributed by atoms with Gasteiger partial charge in [-0.05, 0) is 64.9 Å². The molecule has 0 aliphatic carbocycles. The van der Waals surface area contributed by atoms with Gasteiger partial charge in [-0.15, -0.1) is 0 Å². The summed E-state index contributed by atoms with van der Waals surface area (Å²) < 4.78 is 14.5. The zero-order chi connectivity index (χ0) is 15.2. The maximum absolute atomic E-state index is 14.5. The van der Waals surface area contributed by atoms with E-state index in [9.17, 15) is 4.39 Å². The third-order valence-corrected chi connectivity index (χ3v) is 4.56. The van der Waals surface area contributed by atoms with Crippen molar-refractivity contribution in [2.45, 2.75) is 45.6 Å². The van der Waals surface area contributed by atoms with Crippen LogP contribution in [0.5, 0.6) is 0 Å². The van der Waals surface area contributed by atoms with Crippen molar-refractivity contribution in [2.24, 2.45) is 5.92 Å². The Hall–Kier alpha value is -0.930. The third kappa shape index (κ3) is 4.04. The van der Waals surface area contributed by atoms with E-state index in [1.807, 2.05) is 13.1 Å². The summed E-state index contributed by atoms with van der Waals surface area (Å²) in [4.78, 5) is 2.51. The highest BCUT2D eigenvalue weighted by Gasteiger charge is 2.32. The highest BCUT2D eigenvalue weighted by molar-refractivity contribution is 5.28. The van der Waals surface area contributed by atoms with Gasteiger partial charge in [-0.25, -0.2) is 4.39 Å². The first-order valence-corrected chi connectivity index (χ1v) is 8.32. The van der Waals surface area contributed by atoms with Gasteiger partial charge in [0.2, 0.25) is 0 Å². The Balaban J connectivity index is 2.39. The molecular formula is C18H29FN2. The lowest BCUT2D eigenvalue weighted by molar-refractivity contribution is 0.151. The topological polar surface area (TPSA) is 15.3 Å². The summed E-state index contributed by atoms with van der Waals surface area (Å²) in [6, 6.07) is 5.76. The summed E-state index contributed by atoms with van der Waals surface area (Å²) >= 11 is 0. The van der Waals surface area contributed by atoms with E-state index in [-0.39, 0.29) is 11.9 Å². The fourth-order valence-corrected chi connectivity index (χ4v) is 3.67. The van der Waals surface area contributed by atoms with Crippen molar-refractivity contribution in [3.63, 3.8) is 0 Å². The molecule has 118 valence electrons. The normalized spacial score (nSPS) is 24.0. The van der Waals surface area contributed by atoms with Gasteiger partial charge >= 0.3 is 0 Å². The van der Waals surface area contributed by atoms with Gasteiger partial charge in [0.1, 0.15) is 5.82 Å². The van der Waals surface area contributed by atoms with Gasteiger partial charge in [0.15, 0.2) is 0 Å². The van der Waals surface area contributed by atoms with Crippen LogP contribution < -0.4 is 5.32 Å². The quantitative estimate of drug-likeness (QED) is 0.885. The lowest BCUT2D eigenvalue weighted by atomic mass is 9.88. The minimum Gasteiger partial charge on any atom is -0.319 e. The van der Waals surface area contributed by atoms with Crippen LogP contribution in [0.2, 0.25) is 0 Å². The number of nitrogens with zero attached hydrogens (tertiary/aromatic N) is 1. The Labute approximate surface area is 128 Å². The summed E-state index contributed by atoms with van der Waals surface area (Å²) in [6.07, 6.45) is 4.77. The van der Waals surface area contributed by atoms with Gasteiger partial charge in [-0.2, -0.15) is 0 Å². The van der Waals surface area contributed by atoms with Crippen molar-refractivity contribution in [2.75, 3.05) is 26.7 Å². The summed E-state index contributed by atoms with van der Waals surface area (Å²) in [7, 11) is 2.00. The molecule has 2 atom stereocenters. The molecule has 0 amide bonds. The van der Waals surface area contributed by atoms with Crippen molar-refractivity contribution >= 4 is 0 Å². The van der Waals surface area contributed by atoms with Crippen LogP contribution in [0.15, 0.2) is 18.2 Å². The van der Waals surface area contributed by atoms with Crippen LogP contribution in [0, 0.1) is 18.7 Å². The van der Waals surface area contributed by atoms with E-state index in [0.29, 0.717) is 5.92 Å². The monoisotopic (exact) mass is 292 g/mol. The van der Waals surface area contributed by atoms with Crippen molar-refractivity contribution in [1.82, 2.24) is 10.2 Å². The molecule has 0 bridgehead atoms. The summed E-state index contributed by atoms with van der Waals surface area (Å²) in [5.41, 5.74) is 2.04. The largest absolute Gasteiger partial charge is 0.319 e. The van der Waals surface area contributed by atoms with Crippen molar-refractivity contribution in [3.05, 3.63) is 35.1 Å². The van der Waals surface area contributed by atoms with Crippen LogP contribution in [0.3, 0.4) is 0 Å². The molecule has 1 saturated heterocycles. The highest BCUT2D eigenvalue weighted by Crippen LogP contribution is 2.36. The van der Waals surface area contributed by atoms with Gasteiger partial charge in [-0.1, -0.05) is 31.0 Å². The van der Waals surface area contributed by atoms with Gasteiger partial charge in [-0.3, -0.25) is 4.90 Å². The van der Waals surface area contributed by atoms with Gasteiger partial charge in [0.25, 0.3) is 0 Å². The standard InChI is InChI=1S/C18H29FN2/c1-4-10-21-11-6-5-7-15(13-20-3)18(21)16-12-14(2)8-9-17(16)19/h8-9,12,15,18,20H,4-7,10-11,13H2,1-3H3. The van der Waals surface area contributed by atoms with Crippen LogP contribution in [0.25, 0.3) is 0 Å². The maximum Gasteiger partial charge on any atom is 0.128 e. The Bertz CT molecular complexity index is 431.